The molecule has 6 nitrogen and oxygen atoms in total. The van der Waals surface area contributed by atoms with Crippen molar-refractivity contribution in [2.24, 2.45) is 0 Å². The number of nitrogens with one attached hydrogen (secondary N) is 1. The molecule has 0 fully saturated rings. The van der Waals surface area contributed by atoms with Crippen LogP contribution in [-0.4, -0.2) is 34.4 Å². The maximum atomic E-state index is 13.0. The van der Waals surface area contributed by atoms with E-state index in [1.807, 2.05) is 51.1 Å². The van der Waals surface area contributed by atoms with E-state index in [-0.39, 0.29) is 17.9 Å². The number of aromatic nitrogens is 2. The Kier molecular flexibility index (Phi) is 5.98. The molecule has 0 aliphatic heterocycles. The Morgan fingerprint density at radius 2 is 1.63 bits per heavy atom. The van der Waals surface area contributed by atoms with Crippen molar-refractivity contribution in [3.8, 4) is 0 Å². The first-order valence-electron chi connectivity index (χ1n) is 8.46. The van der Waals surface area contributed by atoms with Crippen molar-refractivity contribution in [2.45, 2.75) is 26.8 Å². The number of hydrogen-bond donors (Lipinski definition) is 1. The first-order chi connectivity index (χ1) is 12.9. The van der Waals surface area contributed by atoms with E-state index in [0.717, 1.165) is 15.7 Å². The third-order valence-corrected chi connectivity index (χ3v) is 5.38. The number of nitrogens with zero attached hydrogens (tertiary/aromatic N) is 3. The molecule has 3 rings (SSSR count). The third kappa shape index (κ3) is 4.78. The van der Waals surface area contributed by atoms with Crippen LogP contribution in [0.25, 0.3) is 0 Å². The molecule has 1 atom stereocenters. The fourth-order valence-electron chi connectivity index (χ4n) is 2.60. The molecule has 3 aromatic rings. The van der Waals surface area contributed by atoms with Gasteiger partial charge in [0.2, 0.25) is 0 Å². The van der Waals surface area contributed by atoms with Gasteiger partial charge < -0.3 is 10.2 Å². The number of rotatable bonds is 6. The molecule has 0 saturated heterocycles. The van der Waals surface area contributed by atoms with E-state index in [4.69, 9.17) is 0 Å². The lowest BCUT2D eigenvalue weighted by Gasteiger charge is -2.26. The summed E-state index contributed by atoms with van der Waals surface area (Å²) in [6, 6.07) is 9.13. The highest BCUT2D eigenvalue weighted by molar-refractivity contribution is 7.10. The van der Waals surface area contributed by atoms with Gasteiger partial charge in [-0.15, -0.1) is 22.7 Å². The van der Waals surface area contributed by atoms with Gasteiger partial charge in [0.05, 0.1) is 10.0 Å². The molecule has 0 aliphatic carbocycles. The molecule has 2 amide bonds. The minimum absolute atomic E-state index is 0.184. The molecular formula is C19H20N4O2S2. The summed E-state index contributed by atoms with van der Waals surface area (Å²) in [5.74, 6) is -0.423. The average Bonchev–Trinajstić information content (AvgIpc) is 3.28. The van der Waals surface area contributed by atoms with Crippen molar-refractivity contribution in [1.29, 1.82) is 0 Å². The SMILES string of the molecule is Cc1nc(C(=O)NC(C)CN(C(=O)c2csc(C)n2)c2ccccc2)cs1. The summed E-state index contributed by atoms with van der Waals surface area (Å²) in [7, 11) is 0. The van der Waals surface area contributed by atoms with Crippen LogP contribution in [0.5, 0.6) is 0 Å². The zero-order chi connectivity index (χ0) is 19.4. The maximum Gasteiger partial charge on any atom is 0.277 e. The van der Waals surface area contributed by atoms with E-state index in [0.29, 0.717) is 17.9 Å². The van der Waals surface area contributed by atoms with E-state index in [9.17, 15) is 9.59 Å². The Hall–Kier alpha value is -2.58. The molecule has 0 aliphatic rings. The topological polar surface area (TPSA) is 75.2 Å². The number of anilines is 1. The second kappa shape index (κ2) is 8.41. The van der Waals surface area contributed by atoms with Crippen LogP contribution in [-0.2, 0) is 0 Å². The van der Waals surface area contributed by atoms with Crippen molar-refractivity contribution < 1.29 is 9.59 Å². The van der Waals surface area contributed by atoms with Gasteiger partial charge in [-0.1, -0.05) is 18.2 Å². The average molecular weight is 401 g/mol. The summed E-state index contributed by atoms with van der Waals surface area (Å²) in [4.78, 5) is 35.5. The fourth-order valence-corrected chi connectivity index (χ4v) is 3.78. The van der Waals surface area contributed by atoms with Gasteiger partial charge in [0, 0.05) is 29.0 Å². The summed E-state index contributed by atoms with van der Waals surface area (Å²) in [5, 5.41) is 8.09. The molecule has 0 radical (unpaired) electrons. The lowest BCUT2D eigenvalue weighted by atomic mass is 10.2. The molecule has 0 spiro atoms. The van der Waals surface area contributed by atoms with Crippen LogP contribution < -0.4 is 10.2 Å². The standard InChI is InChI=1S/C19H20N4O2S2/c1-12(20-18(24)16-10-26-13(2)21-16)9-23(15-7-5-4-6-8-15)19(25)17-11-27-14(3)22-17/h4-8,10-12H,9H2,1-3H3,(H,20,24). The highest BCUT2D eigenvalue weighted by atomic mass is 32.1. The Bertz CT molecular complexity index is 936. The predicted octanol–water partition coefficient (Wildman–Crippen LogP) is 3.68. The monoisotopic (exact) mass is 400 g/mol. The van der Waals surface area contributed by atoms with E-state index in [2.05, 4.69) is 15.3 Å². The highest BCUT2D eigenvalue weighted by Gasteiger charge is 2.23. The second-order valence-corrected chi connectivity index (χ2v) is 8.25. The van der Waals surface area contributed by atoms with Gasteiger partial charge in [-0.2, -0.15) is 0 Å². The highest BCUT2D eigenvalue weighted by Crippen LogP contribution is 2.19. The van der Waals surface area contributed by atoms with Crippen LogP contribution in [0.4, 0.5) is 5.69 Å². The maximum absolute atomic E-state index is 13.0. The molecule has 27 heavy (non-hydrogen) atoms. The normalized spacial score (nSPS) is 11.8. The molecule has 2 heterocycles. The smallest absolute Gasteiger partial charge is 0.277 e. The van der Waals surface area contributed by atoms with E-state index >= 15 is 0 Å². The van der Waals surface area contributed by atoms with Crippen LogP contribution >= 0.6 is 22.7 Å². The van der Waals surface area contributed by atoms with Gasteiger partial charge in [-0.05, 0) is 32.9 Å². The fraction of sp³-hybridized carbons (Fsp3) is 0.263. The number of para-hydroxylation sites is 1. The molecule has 0 saturated carbocycles. The van der Waals surface area contributed by atoms with Gasteiger partial charge in [-0.3, -0.25) is 9.59 Å². The van der Waals surface area contributed by atoms with Gasteiger partial charge in [-0.25, -0.2) is 9.97 Å². The summed E-state index contributed by atoms with van der Waals surface area (Å²) >= 11 is 2.87. The van der Waals surface area contributed by atoms with Crippen molar-refractivity contribution in [3.63, 3.8) is 0 Å². The number of benzene rings is 1. The summed E-state index contributed by atoms with van der Waals surface area (Å²) in [6.45, 7) is 5.92. The predicted molar refractivity (Wildman–Crippen MR) is 109 cm³/mol. The Labute approximate surface area is 165 Å². The van der Waals surface area contributed by atoms with Gasteiger partial charge in [0.15, 0.2) is 0 Å². The van der Waals surface area contributed by atoms with Crippen LogP contribution in [0.1, 0.15) is 37.9 Å². The largest absolute Gasteiger partial charge is 0.346 e. The van der Waals surface area contributed by atoms with Gasteiger partial charge >= 0.3 is 0 Å². The molecule has 140 valence electrons. The third-order valence-electron chi connectivity index (χ3n) is 3.84. The van der Waals surface area contributed by atoms with Crippen LogP contribution in [0, 0.1) is 13.8 Å². The van der Waals surface area contributed by atoms with Gasteiger partial charge in [0.25, 0.3) is 11.8 Å². The van der Waals surface area contributed by atoms with Gasteiger partial charge in [0.1, 0.15) is 11.4 Å². The number of aryl methyl sites for hydroxylation is 2. The van der Waals surface area contributed by atoms with Crippen molar-refractivity contribution in [1.82, 2.24) is 15.3 Å². The van der Waals surface area contributed by atoms with Crippen molar-refractivity contribution in [3.05, 3.63) is 62.5 Å². The Morgan fingerprint density at radius 1 is 1.04 bits per heavy atom. The van der Waals surface area contributed by atoms with Crippen LogP contribution in [0.3, 0.4) is 0 Å². The van der Waals surface area contributed by atoms with E-state index in [1.54, 1.807) is 15.7 Å². The van der Waals surface area contributed by atoms with Crippen LogP contribution in [0.2, 0.25) is 0 Å². The molecule has 1 unspecified atom stereocenters. The van der Waals surface area contributed by atoms with Crippen molar-refractivity contribution in [2.75, 3.05) is 11.4 Å². The second-order valence-electron chi connectivity index (χ2n) is 6.13. The Morgan fingerprint density at radius 3 is 2.19 bits per heavy atom. The molecular weight excluding hydrogens is 380 g/mol. The zero-order valence-electron chi connectivity index (χ0n) is 15.3. The first-order valence-corrected chi connectivity index (χ1v) is 10.2. The minimum Gasteiger partial charge on any atom is -0.346 e. The number of hydrogen-bond acceptors (Lipinski definition) is 6. The van der Waals surface area contributed by atoms with E-state index in [1.165, 1.54) is 22.7 Å². The number of carbonyl (C=O) groups excluding carboxylic acids is 2. The lowest BCUT2D eigenvalue weighted by Crippen LogP contribution is -2.44. The van der Waals surface area contributed by atoms with Crippen molar-refractivity contribution >= 4 is 40.2 Å². The molecule has 0 bridgehead atoms. The molecule has 1 N–H and O–H groups in total. The lowest BCUT2D eigenvalue weighted by molar-refractivity contribution is 0.0923. The minimum atomic E-state index is -0.261. The quantitative estimate of drug-likeness (QED) is 0.685. The van der Waals surface area contributed by atoms with E-state index < -0.39 is 0 Å². The molecule has 1 aromatic carbocycles. The number of carbonyl (C=O) groups is 2. The summed E-state index contributed by atoms with van der Waals surface area (Å²) in [5.41, 5.74) is 1.57. The number of amides is 2. The Balaban J connectivity index is 1.76. The first kappa shape index (κ1) is 19.2. The molecule has 2 aromatic heterocycles. The molecule has 8 heteroatoms. The summed E-state index contributed by atoms with van der Waals surface area (Å²) < 4.78 is 0. The summed E-state index contributed by atoms with van der Waals surface area (Å²) in [6.07, 6.45) is 0. The number of thiazole rings is 2. The van der Waals surface area contributed by atoms with Crippen LogP contribution in [0.15, 0.2) is 41.1 Å². The zero-order valence-corrected chi connectivity index (χ0v) is 16.9.